The molecule has 0 radical (unpaired) electrons. The second-order valence-corrected chi connectivity index (χ2v) is 9.41. The Hall–Kier alpha value is -3.32. The Balaban J connectivity index is 1.63. The van der Waals surface area contributed by atoms with E-state index in [0.29, 0.717) is 16.3 Å². The van der Waals surface area contributed by atoms with E-state index in [4.69, 9.17) is 27.9 Å². The zero-order chi connectivity index (χ0) is 26.0. The highest BCUT2D eigenvalue weighted by molar-refractivity contribution is 9.10. The Labute approximate surface area is 221 Å². The Morgan fingerprint density at radius 1 is 1.28 bits per heavy atom. The number of fused-ring (bicyclic) bond motifs is 1. The van der Waals surface area contributed by atoms with E-state index in [1.807, 2.05) is 0 Å². The molecule has 4 rings (SSSR count). The van der Waals surface area contributed by atoms with Crippen molar-refractivity contribution in [3.63, 3.8) is 0 Å². The summed E-state index contributed by atoms with van der Waals surface area (Å²) in [5.74, 6) is 0.406. The van der Waals surface area contributed by atoms with Crippen molar-refractivity contribution in [1.82, 2.24) is 19.1 Å². The van der Waals surface area contributed by atoms with Gasteiger partial charge in [0.1, 0.15) is 24.2 Å². The van der Waals surface area contributed by atoms with Gasteiger partial charge in [0.05, 0.1) is 17.8 Å². The highest BCUT2D eigenvalue weighted by atomic mass is 79.9. The number of anilines is 1. The van der Waals surface area contributed by atoms with Crippen molar-refractivity contribution in [2.45, 2.75) is 12.6 Å². The van der Waals surface area contributed by atoms with Crippen LogP contribution < -0.4 is 21.4 Å². The molecule has 4 N–H and O–H groups in total. The lowest BCUT2D eigenvalue weighted by Crippen LogP contribution is -2.30. The molecule has 0 fully saturated rings. The molecule has 4 aromatic rings. The average Bonchev–Trinajstić information content (AvgIpc) is 3.18. The van der Waals surface area contributed by atoms with Crippen LogP contribution in [-0.2, 0) is 13.6 Å². The van der Waals surface area contributed by atoms with Crippen molar-refractivity contribution in [3.05, 3.63) is 77.3 Å². The number of hydrazone groups is 1. The maximum Gasteiger partial charge on any atom is 0.329 e. The topological polar surface area (TPSA) is 147 Å². The van der Waals surface area contributed by atoms with Gasteiger partial charge in [-0.2, -0.15) is 10.1 Å². The van der Waals surface area contributed by atoms with Crippen LogP contribution in [0.25, 0.3) is 11.2 Å². The number of halogens is 3. The van der Waals surface area contributed by atoms with Gasteiger partial charge in [-0.25, -0.2) is 10.2 Å². The standard InChI is InChI=1S/C22H19BrCl2N6O5/c1-30-19-18(20(34)28-22(30)35)31(9-14(32)10-36-17-5-3-13(24)7-15(17)25)21(27-19)29-26-8-11-6-12(23)2-4-16(11)33/h2-8,14,32-33H,9-10H2,1H3,(H,27,29)(H,28,34,35)/b26-8+. The van der Waals surface area contributed by atoms with Crippen LogP contribution >= 0.6 is 39.1 Å². The summed E-state index contributed by atoms with van der Waals surface area (Å²) in [6.45, 7) is -0.303. The van der Waals surface area contributed by atoms with E-state index in [2.05, 4.69) is 36.4 Å². The highest BCUT2D eigenvalue weighted by Gasteiger charge is 2.20. The number of ether oxygens (including phenoxy) is 1. The molecule has 0 amide bonds. The lowest BCUT2D eigenvalue weighted by Gasteiger charge is -2.15. The second kappa shape index (κ2) is 10.7. The number of phenols is 1. The molecule has 2 aromatic carbocycles. The number of phenolic OH excluding ortho intramolecular Hbond substituents is 1. The predicted molar refractivity (Wildman–Crippen MR) is 141 cm³/mol. The molecule has 0 aliphatic rings. The number of benzene rings is 2. The zero-order valence-corrected chi connectivity index (χ0v) is 21.7. The molecular formula is C22H19BrCl2N6O5. The van der Waals surface area contributed by atoms with Crippen LogP contribution in [0.5, 0.6) is 11.5 Å². The van der Waals surface area contributed by atoms with Crippen LogP contribution in [0.15, 0.2) is 55.6 Å². The van der Waals surface area contributed by atoms with Crippen molar-refractivity contribution in [3.8, 4) is 11.5 Å². The van der Waals surface area contributed by atoms with Gasteiger partial charge < -0.3 is 19.5 Å². The third kappa shape index (κ3) is 5.57. The average molecular weight is 598 g/mol. The molecule has 0 bridgehead atoms. The second-order valence-electron chi connectivity index (χ2n) is 7.65. The number of hydrogen-bond donors (Lipinski definition) is 4. The van der Waals surface area contributed by atoms with Crippen LogP contribution in [-0.4, -0.2) is 48.2 Å². The fourth-order valence-electron chi connectivity index (χ4n) is 3.33. The van der Waals surface area contributed by atoms with Gasteiger partial charge in [-0.05, 0) is 36.4 Å². The molecule has 0 aliphatic heterocycles. The molecule has 0 saturated heterocycles. The zero-order valence-electron chi connectivity index (χ0n) is 18.6. The smallest absolute Gasteiger partial charge is 0.329 e. The van der Waals surface area contributed by atoms with E-state index in [-0.39, 0.29) is 41.0 Å². The van der Waals surface area contributed by atoms with Gasteiger partial charge in [0.25, 0.3) is 5.56 Å². The van der Waals surface area contributed by atoms with Crippen molar-refractivity contribution >= 4 is 62.5 Å². The number of aliphatic hydroxyl groups is 1. The number of nitrogens with zero attached hydrogens (tertiary/aromatic N) is 4. The minimum atomic E-state index is -1.11. The molecular weight excluding hydrogens is 579 g/mol. The van der Waals surface area contributed by atoms with Crippen LogP contribution in [0.3, 0.4) is 0 Å². The molecule has 1 atom stereocenters. The summed E-state index contributed by atoms with van der Waals surface area (Å²) < 4.78 is 8.87. The normalized spacial score (nSPS) is 12.4. The molecule has 2 aromatic heterocycles. The fourth-order valence-corrected chi connectivity index (χ4v) is 4.17. The van der Waals surface area contributed by atoms with Crippen LogP contribution in [0.1, 0.15) is 5.56 Å². The number of aromatic nitrogens is 4. The summed E-state index contributed by atoms with van der Waals surface area (Å²) in [4.78, 5) is 31.2. The molecule has 14 heteroatoms. The largest absolute Gasteiger partial charge is 0.507 e. The molecule has 188 valence electrons. The first kappa shape index (κ1) is 25.8. The van der Waals surface area contributed by atoms with Gasteiger partial charge in [-0.1, -0.05) is 39.1 Å². The lowest BCUT2D eigenvalue weighted by molar-refractivity contribution is 0.0939. The quantitative estimate of drug-likeness (QED) is 0.180. The predicted octanol–water partition coefficient (Wildman–Crippen LogP) is 3.08. The SMILES string of the molecule is Cn1c(=O)[nH]c(=O)c2c1nc(N/N=C/c1cc(Br)ccc1O)n2CC(O)COc1ccc(Cl)cc1Cl. The summed E-state index contributed by atoms with van der Waals surface area (Å²) in [6, 6.07) is 9.51. The van der Waals surface area contributed by atoms with Crippen LogP contribution in [0.2, 0.25) is 10.0 Å². The third-order valence-electron chi connectivity index (χ3n) is 5.08. The van der Waals surface area contributed by atoms with Gasteiger partial charge in [0, 0.05) is 22.1 Å². The maximum atomic E-state index is 12.6. The van der Waals surface area contributed by atoms with E-state index < -0.39 is 17.4 Å². The summed E-state index contributed by atoms with van der Waals surface area (Å²) >= 11 is 15.3. The van der Waals surface area contributed by atoms with Gasteiger partial charge >= 0.3 is 5.69 Å². The van der Waals surface area contributed by atoms with Crippen LogP contribution in [0.4, 0.5) is 5.95 Å². The lowest BCUT2D eigenvalue weighted by atomic mass is 10.2. The van der Waals surface area contributed by atoms with Gasteiger partial charge in [-0.3, -0.25) is 14.3 Å². The molecule has 11 nitrogen and oxygen atoms in total. The van der Waals surface area contributed by atoms with Crippen LogP contribution in [0, 0.1) is 0 Å². The first-order chi connectivity index (χ1) is 17.1. The van der Waals surface area contributed by atoms with E-state index in [1.54, 1.807) is 24.3 Å². The van der Waals surface area contributed by atoms with Gasteiger partial charge in [-0.15, -0.1) is 0 Å². The summed E-state index contributed by atoms with van der Waals surface area (Å²) in [5, 5.41) is 25.5. The summed E-state index contributed by atoms with van der Waals surface area (Å²) in [5.41, 5.74) is 1.92. The first-order valence-electron chi connectivity index (χ1n) is 10.4. The van der Waals surface area contributed by atoms with Crippen molar-refractivity contribution in [2.24, 2.45) is 12.1 Å². The van der Waals surface area contributed by atoms with Gasteiger partial charge in [0.15, 0.2) is 11.2 Å². The minimum absolute atomic E-state index is 0.00419. The Bertz CT molecular complexity index is 1580. The Morgan fingerprint density at radius 3 is 2.81 bits per heavy atom. The van der Waals surface area contributed by atoms with E-state index in [0.717, 1.165) is 4.47 Å². The molecule has 0 aliphatic carbocycles. The van der Waals surface area contributed by atoms with Crippen molar-refractivity contribution in [1.29, 1.82) is 0 Å². The molecule has 2 heterocycles. The third-order valence-corrected chi connectivity index (χ3v) is 6.11. The number of H-pyrrole nitrogens is 1. The van der Waals surface area contributed by atoms with E-state index in [9.17, 15) is 19.8 Å². The van der Waals surface area contributed by atoms with E-state index >= 15 is 0 Å². The molecule has 1 unspecified atom stereocenters. The number of aryl methyl sites for hydroxylation is 1. The number of aromatic amines is 1. The summed E-state index contributed by atoms with van der Waals surface area (Å²) in [7, 11) is 1.45. The number of aromatic hydroxyl groups is 1. The fraction of sp³-hybridized carbons (Fsp3) is 0.182. The number of imidazole rings is 1. The Morgan fingerprint density at radius 2 is 2.06 bits per heavy atom. The van der Waals surface area contributed by atoms with Crippen molar-refractivity contribution < 1.29 is 14.9 Å². The molecule has 0 saturated carbocycles. The van der Waals surface area contributed by atoms with Gasteiger partial charge in [0.2, 0.25) is 5.95 Å². The molecule has 0 spiro atoms. The number of rotatable bonds is 8. The molecule has 36 heavy (non-hydrogen) atoms. The number of aliphatic hydroxyl groups excluding tert-OH is 1. The maximum absolute atomic E-state index is 12.6. The van der Waals surface area contributed by atoms with Crippen molar-refractivity contribution in [2.75, 3.05) is 12.0 Å². The number of nitrogens with one attached hydrogen (secondary N) is 2. The number of hydrogen-bond acceptors (Lipinski definition) is 8. The van der Waals surface area contributed by atoms with E-state index in [1.165, 1.54) is 34.5 Å². The monoisotopic (exact) mass is 596 g/mol. The summed E-state index contributed by atoms with van der Waals surface area (Å²) in [6.07, 6.45) is 0.249. The Kier molecular flexibility index (Phi) is 7.69. The highest BCUT2D eigenvalue weighted by Crippen LogP contribution is 2.28. The first-order valence-corrected chi connectivity index (χ1v) is 11.9. The minimum Gasteiger partial charge on any atom is -0.507 e.